The Morgan fingerprint density at radius 1 is 1.09 bits per heavy atom. The van der Waals surface area contributed by atoms with Crippen LogP contribution in [0.4, 0.5) is 0 Å². The van der Waals surface area contributed by atoms with E-state index >= 15 is 0 Å². The first kappa shape index (κ1) is 23.8. The van der Waals surface area contributed by atoms with Gasteiger partial charge in [-0.2, -0.15) is 0 Å². The summed E-state index contributed by atoms with van der Waals surface area (Å²) in [4.78, 5) is 19.8. The Morgan fingerprint density at radius 2 is 1.83 bits per heavy atom. The Hall–Kier alpha value is -2.97. The van der Waals surface area contributed by atoms with Gasteiger partial charge in [0.05, 0.1) is 30.3 Å². The average molecular weight is 494 g/mol. The summed E-state index contributed by atoms with van der Waals surface area (Å²) in [5.41, 5.74) is 3.05. The van der Waals surface area contributed by atoms with Gasteiger partial charge in [0.1, 0.15) is 0 Å². The highest BCUT2D eigenvalue weighted by atomic mass is 32.2. The molecule has 35 heavy (non-hydrogen) atoms. The number of hydrogen-bond acceptors (Lipinski definition) is 5. The van der Waals surface area contributed by atoms with Gasteiger partial charge in [-0.15, -0.1) is 0 Å². The molecule has 0 bridgehead atoms. The largest absolute Gasteiger partial charge is 0.376 e. The summed E-state index contributed by atoms with van der Waals surface area (Å²) in [6.45, 7) is 3.39. The van der Waals surface area contributed by atoms with E-state index in [1.165, 1.54) is 0 Å². The molecule has 8 heteroatoms. The van der Waals surface area contributed by atoms with Gasteiger partial charge in [0.15, 0.2) is 0 Å². The van der Waals surface area contributed by atoms with Crippen molar-refractivity contribution in [2.24, 2.45) is 0 Å². The van der Waals surface area contributed by atoms with Crippen LogP contribution in [0, 0.1) is 6.92 Å². The SMILES string of the molecule is Cc1ccccc1C(=O)N(Cc1cnc(S(=O)(=O)Cc2ccccc2)n1C1CC1)C[C@@H]1CCCO1. The van der Waals surface area contributed by atoms with E-state index in [2.05, 4.69) is 4.98 Å². The third-order valence-electron chi connectivity index (χ3n) is 6.69. The van der Waals surface area contributed by atoms with Crippen LogP contribution in [-0.4, -0.2) is 48.0 Å². The van der Waals surface area contributed by atoms with Crippen LogP contribution < -0.4 is 0 Å². The van der Waals surface area contributed by atoms with Crippen molar-refractivity contribution in [1.29, 1.82) is 0 Å². The van der Waals surface area contributed by atoms with Gasteiger partial charge in [0.2, 0.25) is 15.0 Å². The van der Waals surface area contributed by atoms with Crippen LogP contribution in [0.5, 0.6) is 0 Å². The second-order valence-electron chi connectivity index (χ2n) is 9.51. The fourth-order valence-corrected chi connectivity index (χ4v) is 6.28. The number of aryl methyl sites for hydroxylation is 1. The molecule has 1 atom stereocenters. The van der Waals surface area contributed by atoms with Crippen LogP contribution in [0.1, 0.15) is 58.9 Å². The molecule has 1 aliphatic heterocycles. The van der Waals surface area contributed by atoms with Crippen molar-refractivity contribution in [3.63, 3.8) is 0 Å². The molecular weight excluding hydrogens is 462 g/mol. The fourth-order valence-electron chi connectivity index (χ4n) is 4.74. The third kappa shape index (κ3) is 5.33. The number of nitrogens with zero attached hydrogens (tertiary/aromatic N) is 3. The van der Waals surface area contributed by atoms with Crippen LogP contribution >= 0.6 is 0 Å². The summed E-state index contributed by atoms with van der Waals surface area (Å²) in [6, 6.07) is 16.8. The summed E-state index contributed by atoms with van der Waals surface area (Å²) >= 11 is 0. The van der Waals surface area contributed by atoms with E-state index in [-0.39, 0.29) is 35.5 Å². The minimum absolute atomic E-state index is 0.0125. The topological polar surface area (TPSA) is 81.5 Å². The molecule has 7 nitrogen and oxygen atoms in total. The average Bonchev–Trinajstić information content (AvgIpc) is 3.37. The molecule has 2 heterocycles. The molecule has 2 aliphatic rings. The molecule has 1 saturated carbocycles. The van der Waals surface area contributed by atoms with Crippen molar-refractivity contribution in [2.75, 3.05) is 13.2 Å². The lowest BCUT2D eigenvalue weighted by Crippen LogP contribution is -2.38. The Morgan fingerprint density at radius 3 is 2.51 bits per heavy atom. The maximum absolute atomic E-state index is 13.6. The summed E-state index contributed by atoms with van der Waals surface area (Å²) in [6.07, 6.45) is 5.34. The second kappa shape index (κ2) is 9.95. The van der Waals surface area contributed by atoms with E-state index in [0.29, 0.717) is 18.7 Å². The van der Waals surface area contributed by atoms with Crippen LogP contribution in [0.2, 0.25) is 0 Å². The number of carbonyl (C=O) groups is 1. The summed E-state index contributed by atoms with van der Waals surface area (Å²) < 4.78 is 34.4. The van der Waals surface area contributed by atoms with Crippen LogP contribution in [0.25, 0.3) is 0 Å². The zero-order valence-electron chi connectivity index (χ0n) is 20.0. The Labute approximate surface area is 206 Å². The maximum atomic E-state index is 13.6. The van der Waals surface area contributed by atoms with Gasteiger partial charge in [0, 0.05) is 24.8 Å². The standard InChI is InChI=1S/C27H31N3O4S/c1-20-8-5-6-12-25(20)26(31)29(18-24-11-7-15-34-24)17-23-16-28-27(30(23)22-13-14-22)35(32,33)19-21-9-3-2-4-10-21/h2-6,8-10,12,16,22,24H,7,11,13-15,17-19H2,1H3/t24-/m0/s1. The number of ether oxygens (including phenoxy) is 1. The number of hydrogen-bond donors (Lipinski definition) is 0. The first-order chi connectivity index (χ1) is 16.9. The van der Waals surface area contributed by atoms with E-state index in [1.807, 2.05) is 66.1 Å². The molecule has 184 valence electrons. The van der Waals surface area contributed by atoms with Gasteiger partial charge in [-0.3, -0.25) is 4.79 Å². The molecule has 0 radical (unpaired) electrons. The first-order valence-electron chi connectivity index (χ1n) is 12.2. The number of benzene rings is 2. The molecule has 0 spiro atoms. The second-order valence-corrected chi connectivity index (χ2v) is 11.4. The van der Waals surface area contributed by atoms with Crippen molar-refractivity contribution >= 4 is 15.7 Å². The molecule has 1 aliphatic carbocycles. The van der Waals surface area contributed by atoms with Crippen molar-refractivity contribution in [3.8, 4) is 0 Å². The quantitative estimate of drug-likeness (QED) is 0.443. The zero-order valence-corrected chi connectivity index (χ0v) is 20.8. The van der Waals surface area contributed by atoms with Crippen LogP contribution in [0.3, 0.4) is 0 Å². The molecule has 5 rings (SSSR count). The highest BCUT2D eigenvalue weighted by Gasteiger charge is 2.35. The monoisotopic (exact) mass is 493 g/mol. The van der Waals surface area contributed by atoms with Gasteiger partial charge in [0.25, 0.3) is 5.91 Å². The molecule has 1 amide bonds. The molecule has 0 N–H and O–H groups in total. The highest BCUT2D eigenvalue weighted by Crippen LogP contribution is 2.39. The van der Waals surface area contributed by atoms with E-state index in [0.717, 1.165) is 42.5 Å². The van der Waals surface area contributed by atoms with E-state index < -0.39 is 9.84 Å². The van der Waals surface area contributed by atoms with Gasteiger partial charge in [-0.1, -0.05) is 48.5 Å². The van der Waals surface area contributed by atoms with Crippen molar-refractivity contribution in [1.82, 2.24) is 14.5 Å². The molecule has 0 unspecified atom stereocenters. The van der Waals surface area contributed by atoms with Gasteiger partial charge in [-0.25, -0.2) is 13.4 Å². The Balaban J connectivity index is 1.46. The number of sulfone groups is 1. The Bertz CT molecular complexity index is 1290. The smallest absolute Gasteiger partial charge is 0.254 e. The van der Waals surface area contributed by atoms with Crippen LogP contribution in [-0.2, 0) is 26.9 Å². The van der Waals surface area contributed by atoms with E-state index in [9.17, 15) is 13.2 Å². The highest BCUT2D eigenvalue weighted by molar-refractivity contribution is 7.90. The number of aromatic nitrogens is 2. The maximum Gasteiger partial charge on any atom is 0.254 e. The molecule has 2 fully saturated rings. The summed E-state index contributed by atoms with van der Waals surface area (Å²) in [5, 5.41) is 0.0965. The van der Waals surface area contributed by atoms with Crippen LogP contribution in [0.15, 0.2) is 66.0 Å². The van der Waals surface area contributed by atoms with Gasteiger partial charge in [-0.05, 0) is 49.8 Å². The van der Waals surface area contributed by atoms with E-state index in [4.69, 9.17) is 4.74 Å². The Kier molecular flexibility index (Phi) is 6.75. The minimum Gasteiger partial charge on any atom is -0.376 e. The molecule has 1 saturated heterocycles. The van der Waals surface area contributed by atoms with Crippen molar-refractivity contribution in [3.05, 3.63) is 83.2 Å². The zero-order chi connectivity index (χ0) is 24.4. The van der Waals surface area contributed by atoms with Crippen molar-refractivity contribution in [2.45, 2.75) is 62.2 Å². The first-order valence-corrected chi connectivity index (χ1v) is 13.9. The van der Waals surface area contributed by atoms with Crippen molar-refractivity contribution < 1.29 is 17.9 Å². The number of carbonyl (C=O) groups excluding carboxylic acids is 1. The van der Waals surface area contributed by atoms with Gasteiger partial charge >= 0.3 is 0 Å². The normalized spacial score (nSPS) is 18.0. The number of amides is 1. The summed E-state index contributed by atoms with van der Waals surface area (Å²) in [7, 11) is -3.64. The number of rotatable bonds is 9. The lowest BCUT2D eigenvalue weighted by Gasteiger charge is -2.27. The predicted molar refractivity (Wildman–Crippen MR) is 133 cm³/mol. The molecule has 3 aromatic rings. The molecular formula is C27H31N3O4S. The molecule has 2 aromatic carbocycles. The lowest BCUT2D eigenvalue weighted by atomic mass is 10.1. The number of imidazole rings is 1. The van der Waals surface area contributed by atoms with Gasteiger partial charge < -0.3 is 14.2 Å². The molecule has 1 aromatic heterocycles. The third-order valence-corrected chi connectivity index (χ3v) is 8.26. The predicted octanol–water partition coefficient (Wildman–Crippen LogP) is 4.32. The lowest BCUT2D eigenvalue weighted by molar-refractivity contribution is 0.0501. The minimum atomic E-state index is -3.64. The van der Waals surface area contributed by atoms with E-state index in [1.54, 1.807) is 11.1 Å². The fraction of sp³-hybridized carbons (Fsp3) is 0.407. The summed E-state index contributed by atoms with van der Waals surface area (Å²) in [5.74, 6) is -0.172.